The number of ketones is 1. The third-order valence-electron chi connectivity index (χ3n) is 4.37. The third kappa shape index (κ3) is 4.14. The maximum Gasteiger partial charge on any atom is 0.184 e. The van der Waals surface area contributed by atoms with Crippen molar-refractivity contribution in [3.63, 3.8) is 0 Å². The first-order valence-corrected chi connectivity index (χ1v) is 8.47. The van der Waals surface area contributed by atoms with Crippen LogP contribution in [-0.2, 0) is 0 Å². The van der Waals surface area contributed by atoms with Crippen molar-refractivity contribution in [1.29, 1.82) is 0 Å². The minimum absolute atomic E-state index is 0. The summed E-state index contributed by atoms with van der Waals surface area (Å²) in [6.07, 6.45) is 0. The van der Waals surface area contributed by atoms with Crippen LogP contribution in [0.25, 0.3) is 0 Å². The number of benzene rings is 2. The molecule has 0 N–H and O–H groups in total. The summed E-state index contributed by atoms with van der Waals surface area (Å²) in [5.74, 6) is 1.44. The molecule has 2 aromatic rings. The smallest absolute Gasteiger partial charge is 0.184 e. The van der Waals surface area contributed by atoms with Crippen LogP contribution in [0.2, 0.25) is 0 Å². The molecule has 1 unspecified atom stereocenters. The second kappa shape index (κ2) is 8.88. The molecule has 0 aromatic heterocycles. The Morgan fingerprint density at radius 3 is 2.28 bits per heavy atom. The largest absolute Gasteiger partial charge is 1.00 e. The molecular formula is C20H23ClNO3-. The second-order valence-corrected chi connectivity index (χ2v) is 5.76. The van der Waals surface area contributed by atoms with Gasteiger partial charge in [-0.1, -0.05) is 44.2 Å². The van der Waals surface area contributed by atoms with Gasteiger partial charge >= 0.3 is 0 Å². The lowest BCUT2D eigenvalue weighted by Gasteiger charge is -2.29. The Morgan fingerprint density at radius 2 is 1.64 bits per heavy atom. The van der Waals surface area contributed by atoms with Crippen LogP contribution in [0.15, 0.2) is 48.5 Å². The van der Waals surface area contributed by atoms with E-state index in [4.69, 9.17) is 9.47 Å². The predicted molar refractivity (Wildman–Crippen MR) is 93.9 cm³/mol. The highest BCUT2D eigenvalue weighted by atomic mass is 35.5. The summed E-state index contributed by atoms with van der Waals surface area (Å²) in [5, 5.41) is 0. The van der Waals surface area contributed by atoms with Crippen molar-refractivity contribution in [2.75, 3.05) is 26.3 Å². The normalized spacial score (nSPS) is 13.9. The zero-order valence-electron chi connectivity index (χ0n) is 14.6. The van der Waals surface area contributed by atoms with E-state index in [0.717, 1.165) is 18.7 Å². The highest BCUT2D eigenvalue weighted by Gasteiger charge is 2.27. The minimum Gasteiger partial charge on any atom is -1.00 e. The Balaban J connectivity index is 0.00000225. The van der Waals surface area contributed by atoms with Gasteiger partial charge in [-0.05, 0) is 36.9 Å². The number of halogens is 1. The molecule has 0 saturated carbocycles. The first kappa shape index (κ1) is 19.3. The number of ether oxygens (including phenoxy) is 2. The lowest BCUT2D eigenvalue weighted by Crippen LogP contribution is -3.00. The van der Waals surface area contributed by atoms with Crippen molar-refractivity contribution in [2.24, 2.45) is 0 Å². The summed E-state index contributed by atoms with van der Waals surface area (Å²) < 4.78 is 11.2. The van der Waals surface area contributed by atoms with Crippen LogP contribution in [0.5, 0.6) is 11.5 Å². The van der Waals surface area contributed by atoms with Gasteiger partial charge in [0.1, 0.15) is 13.2 Å². The summed E-state index contributed by atoms with van der Waals surface area (Å²) in [6.45, 7) is 6.85. The van der Waals surface area contributed by atoms with Crippen LogP contribution in [0, 0.1) is 0 Å². The van der Waals surface area contributed by atoms with Gasteiger partial charge in [-0.2, -0.15) is 0 Å². The molecule has 134 valence electrons. The molecule has 0 radical (unpaired) electrons. The molecule has 3 rings (SSSR count). The van der Waals surface area contributed by atoms with Crippen molar-refractivity contribution >= 4 is 5.78 Å². The van der Waals surface area contributed by atoms with Crippen LogP contribution >= 0.6 is 0 Å². The van der Waals surface area contributed by atoms with Crippen molar-refractivity contribution < 1.29 is 26.7 Å². The van der Waals surface area contributed by atoms with E-state index in [1.807, 2.05) is 42.5 Å². The van der Waals surface area contributed by atoms with E-state index < -0.39 is 0 Å². The molecule has 0 spiro atoms. The van der Waals surface area contributed by atoms with Crippen molar-refractivity contribution in [3.8, 4) is 11.5 Å². The van der Waals surface area contributed by atoms with Crippen LogP contribution < -0.4 is 21.9 Å². The molecule has 1 heterocycles. The van der Waals surface area contributed by atoms with Gasteiger partial charge in [-0.25, -0.2) is 0 Å². The molecular weight excluding hydrogens is 338 g/mol. The number of likely N-dealkylation sites (N-methyl/N-ethyl adjacent to an activating group) is 1. The highest BCUT2D eigenvalue weighted by molar-refractivity contribution is 6.01. The Kier molecular flexibility index (Phi) is 6.85. The molecule has 4 nitrogen and oxygen atoms in total. The summed E-state index contributed by atoms with van der Waals surface area (Å²) in [4.78, 5) is 15.4. The van der Waals surface area contributed by atoms with E-state index in [2.05, 4.69) is 18.7 Å². The Hall–Kier alpha value is -2.04. The van der Waals surface area contributed by atoms with E-state index in [1.165, 1.54) is 0 Å². The molecule has 1 atom stereocenters. The summed E-state index contributed by atoms with van der Waals surface area (Å²) in [6, 6.07) is 15.1. The number of nitrogens with zero attached hydrogens (tertiary/aromatic N) is 1. The number of rotatable bonds is 6. The highest BCUT2D eigenvalue weighted by Crippen LogP contribution is 2.33. The average molecular weight is 361 g/mol. The lowest BCUT2D eigenvalue weighted by atomic mass is 9.95. The quantitative estimate of drug-likeness (QED) is 0.712. The fourth-order valence-corrected chi connectivity index (χ4v) is 3.11. The Labute approximate surface area is 155 Å². The van der Waals surface area contributed by atoms with Crippen LogP contribution in [-0.4, -0.2) is 37.0 Å². The van der Waals surface area contributed by atoms with Gasteiger partial charge in [0.25, 0.3) is 0 Å². The molecule has 25 heavy (non-hydrogen) atoms. The zero-order chi connectivity index (χ0) is 16.9. The fraction of sp³-hybridized carbons (Fsp3) is 0.350. The van der Waals surface area contributed by atoms with Crippen LogP contribution in [0.4, 0.5) is 0 Å². The summed E-state index contributed by atoms with van der Waals surface area (Å²) >= 11 is 0. The van der Waals surface area contributed by atoms with Crippen molar-refractivity contribution in [1.82, 2.24) is 4.90 Å². The summed E-state index contributed by atoms with van der Waals surface area (Å²) in [7, 11) is 0. The SMILES string of the molecule is CCN(CC)C(C(=O)c1ccc2c(c1)OCCO2)c1ccccc1.[Cl-]. The zero-order valence-corrected chi connectivity index (χ0v) is 15.3. The predicted octanol–water partition coefficient (Wildman–Crippen LogP) is 0.728. The van der Waals surface area contributed by atoms with Crippen LogP contribution in [0.3, 0.4) is 0 Å². The van der Waals surface area contributed by atoms with E-state index in [1.54, 1.807) is 6.07 Å². The van der Waals surface area contributed by atoms with Gasteiger partial charge < -0.3 is 21.9 Å². The summed E-state index contributed by atoms with van der Waals surface area (Å²) in [5.41, 5.74) is 1.67. The second-order valence-electron chi connectivity index (χ2n) is 5.76. The van der Waals surface area contributed by atoms with Crippen molar-refractivity contribution in [3.05, 3.63) is 59.7 Å². The van der Waals surface area contributed by atoms with Gasteiger partial charge in [0.15, 0.2) is 17.3 Å². The maximum atomic E-state index is 13.3. The maximum absolute atomic E-state index is 13.3. The van der Waals surface area contributed by atoms with Gasteiger partial charge in [0, 0.05) is 5.56 Å². The first-order valence-electron chi connectivity index (χ1n) is 8.47. The number of hydrogen-bond donors (Lipinski definition) is 0. The van der Waals surface area contributed by atoms with Gasteiger partial charge in [-0.15, -0.1) is 0 Å². The molecule has 0 aliphatic carbocycles. The molecule has 0 fully saturated rings. The molecule has 0 bridgehead atoms. The van der Waals surface area contributed by atoms with Crippen LogP contribution in [0.1, 0.15) is 35.8 Å². The Bertz CT molecular complexity index is 701. The van der Waals surface area contributed by atoms with Gasteiger partial charge in [0.05, 0.1) is 6.04 Å². The monoisotopic (exact) mass is 360 g/mol. The molecule has 1 aliphatic heterocycles. The van der Waals surface area contributed by atoms with Gasteiger partial charge in [0.2, 0.25) is 0 Å². The van der Waals surface area contributed by atoms with E-state index in [-0.39, 0.29) is 24.2 Å². The Morgan fingerprint density at radius 1 is 1.00 bits per heavy atom. The fourth-order valence-electron chi connectivity index (χ4n) is 3.11. The molecule has 5 heteroatoms. The molecule has 2 aromatic carbocycles. The van der Waals surface area contributed by atoms with E-state index in [0.29, 0.717) is 30.3 Å². The third-order valence-corrected chi connectivity index (χ3v) is 4.37. The van der Waals surface area contributed by atoms with E-state index in [9.17, 15) is 4.79 Å². The topological polar surface area (TPSA) is 38.8 Å². The minimum atomic E-state index is -0.288. The number of Topliss-reactive ketones (excluding diaryl/α,β-unsaturated/α-hetero) is 1. The van der Waals surface area contributed by atoms with Gasteiger partial charge in [-0.3, -0.25) is 9.69 Å². The molecule has 1 aliphatic rings. The first-order chi connectivity index (χ1) is 11.7. The number of carbonyl (C=O) groups excluding carboxylic acids is 1. The standard InChI is InChI=1S/C20H23NO3.ClH/c1-3-21(4-2)19(15-8-6-5-7-9-15)20(22)16-10-11-17-18(14-16)24-13-12-23-17;/h5-11,14,19H,3-4,12-13H2,1-2H3;1H/p-1. The average Bonchev–Trinajstić information content (AvgIpc) is 2.65. The molecule has 0 saturated heterocycles. The number of fused-ring (bicyclic) bond motifs is 1. The number of carbonyl (C=O) groups is 1. The molecule has 0 amide bonds. The number of hydrogen-bond acceptors (Lipinski definition) is 4. The van der Waals surface area contributed by atoms with Crippen molar-refractivity contribution in [2.45, 2.75) is 19.9 Å². The lowest BCUT2D eigenvalue weighted by molar-refractivity contribution is -0.0000138. The van der Waals surface area contributed by atoms with E-state index >= 15 is 0 Å².